The lowest BCUT2D eigenvalue weighted by Gasteiger charge is -2.15. The summed E-state index contributed by atoms with van der Waals surface area (Å²) in [5, 5.41) is 18.6. The number of benzene rings is 3. The first-order chi connectivity index (χ1) is 17.0. The van der Waals surface area contributed by atoms with Crippen LogP contribution in [0, 0.1) is 5.92 Å². The van der Waals surface area contributed by atoms with Gasteiger partial charge < -0.3 is 0 Å². The van der Waals surface area contributed by atoms with Crippen LogP contribution in [0.25, 0.3) is 22.0 Å². The Morgan fingerprint density at radius 2 is 1.71 bits per heavy atom. The van der Waals surface area contributed by atoms with Crippen LogP contribution < -0.4 is 5.56 Å². The van der Waals surface area contributed by atoms with Gasteiger partial charge in [-0.1, -0.05) is 65.3 Å². The molecular formula is C27H22ClN3O4. The van der Waals surface area contributed by atoms with Crippen molar-refractivity contribution >= 4 is 28.3 Å². The average molecular weight is 488 g/mol. The summed E-state index contributed by atoms with van der Waals surface area (Å²) < 4.78 is 1.32. The molecule has 0 saturated heterocycles. The van der Waals surface area contributed by atoms with Crippen molar-refractivity contribution in [3.8, 4) is 11.1 Å². The lowest BCUT2D eigenvalue weighted by Crippen LogP contribution is -2.28. The van der Waals surface area contributed by atoms with Crippen LogP contribution >= 0.6 is 11.6 Å². The maximum atomic E-state index is 13.4. The monoisotopic (exact) mass is 487 g/mol. The third-order valence-corrected chi connectivity index (χ3v) is 6.72. The minimum absolute atomic E-state index is 0.107. The molecule has 0 aliphatic heterocycles. The summed E-state index contributed by atoms with van der Waals surface area (Å²) in [6.07, 6.45) is 1.17. The van der Waals surface area contributed by atoms with Gasteiger partial charge in [-0.25, -0.2) is 9.57 Å². The fourth-order valence-corrected chi connectivity index (χ4v) is 4.74. The molecule has 1 aliphatic rings. The molecule has 1 heterocycles. The van der Waals surface area contributed by atoms with E-state index in [9.17, 15) is 14.8 Å². The minimum Gasteiger partial charge on any atom is -0.289 e. The zero-order valence-corrected chi connectivity index (χ0v) is 19.5. The molecule has 0 spiro atoms. The molecule has 0 amide bonds. The molecule has 176 valence electrons. The summed E-state index contributed by atoms with van der Waals surface area (Å²) in [4.78, 5) is 30.7. The third-order valence-electron chi connectivity index (χ3n) is 6.46. The summed E-state index contributed by atoms with van der Waals surface area (Å²) in [5.74, 6) is -0.290. The maximum absolute atomic E-state index is 13.4. The van der Waals surface area contributed by atoms with Crippen LogP contribution in [0.2, 0.25) is 5.02 Å². The van der Waals surface area contributed by atoms with E-state index in [0.717, 1.165) is 11.1 Å². The van der Waals surface area contributed by atoms with E-state index >= 15 is 0 Å². The zero-order chi connectivity index (χ0) is 24.4. The average Bonchev–Trinajstić information content (AvgIpc) is 3.28. The molecule has 1 N–H and O–H groups in total. The number of halogens is 1. The molecule has 0 radical (unpaired) electrons. The highest BCUT2D eigenvalue weighted by atomic mass is 35.5. The molecule has 7 nitrogen and oxygen atoms in total. The van der Waals surface area contributed by atoms with Gasteiger partial charge in [-0.2, -0.15) is 0 Å². The molecule has 0 saturated carbocycles. The largest absolute Gasteiger partial charge is 0.289 e. The van der Waals surface area contributed by atoms with Crippen LogP contribution in [0.1, 0.15) is 23.2 Å². The fraction of sp³-hybridized carbons (Fsp3) is 0.185. The van der Waals surface area contributed by atoms with Gasteiger partial charge in [0.1, 0.15) is 12.1 Å². The lowest BCUT2D eigenvalue weighted by molar-refractivity contribution is -0.235. The van der Waals surface area contributed by atoms with Gasteiger partial charge in [-0.15, -0.1) is 5.10 Å². The van der Waals surface area contributed by atoms with Crippen LogP contribution in [0.3, 0.4) is 0 Å². The summed E-state index contributed by atoms with van der Waals surface area (Å²) in [6.45, 7) is 0.145. The molecule has 4 aromatic rings. The predicted molar refractivity (Wildman–Crippen MR) is 133 cm³/mol. The molecule has 0 bridgehead atoms. The second kappa shape index (κ2) is 9.92. The Labute approximate surface area is 206 Å². The highest BCUT2D eigenvalue weighted by Crippen LogP contribution is 2.35. The number of fused-ring (bicyclic) bond motifs is 1. The summed E-state index contributed by atoms with van der Waals surface area (Å²) in [7, 11) is 0. The van der Waals surface area contributed by atoms with Crippen molar-refractivity contribution in [2.75, 3.05) is 6.61 Å². The van der Waals surface area contributed by atoms with E-state index in [1.807, 2.05) is 36.4 Å². The number of carbonyl (C=O) groups is 1. The Morgan fingerprint density at radius 3 is 2.43 bits per heavy atom. The van der Waals surface area contributed by atoms with Gasteiger partial charge in [0, 0.05) is 22.1 Å². The van der Waals surface area contributed by atoms with E-state index in [0.29, 0.717) is 45.5 Å². The summed E-state index contributed by atoms with van der Waals surface area (Å²) in [6, 6.07) is 21.9. The highest BCUT2D eigenvalue weighted by Gasteiger charge is 2.31. The van der Waals surface area contributed by atoms with Crippen molar-refractivity contribution in [1.29, 1.82) is 0 Å². The zero-order valence-electron chi connectivity index (χ0n) is 18.7. The Kier molecular flexibility index (Phi) is 6.55. The predicted octanol–water partition coefficient (Wildman–Crippen LogP) is 5.19. The maximum Gasteiger partial charge on any atom is 0.277 e. The van der Waals surface area contributed by atoms with Crippen molar-refractivity contribution < 1.29 is 14.9 Å². The van der Waals surface area contributed by atoms with Crippen molar-refractivity contribution in [3.05, 3.63) is 105 Å². The molecule has 8 heteroatoms. The topological polar surface area (TPSA) is 94.3 Å². The molecule has 1 aliphatic carbocycles. The Hall–Kier alpha value is -3.65. The van der Waals surface area contributed by atoms with Gasteiger partial charge in [0.25, 0.3) is 5.56 Å². The van der Waals surface area contributed by atoms with Crippen molar-refractivity contribution in [2.45, 2.75) is 19.4 Å². The SMILES string of the molecule is O=C(C1=C(COO)C(Cn2nnc3ccccc3c2=O)CC1)c1ccc(-c2ccc(Cl)cc2)cc1. The van der Waals surface area contributed by atoms with Crippen LogP contribution in [-0.2, 0) is 11.4 Å². The number of hydrogen-bond donors (Lipinski definition) is 1. The number of hydrogen-bond acceptors (Lipinski definition) is 6. The molecule has 1 atom stereocenters. The first kappa shape index (κ1) is 23.1. The van der Waals surface area contributed by atoms with Gasteiger partial charge in [0.15, 0.2) is 5.78 Å². The third kappa shape index (κ3) is 4.66. The highest BCUT2D eigenvalue weighted by molar-refractivity contribution is 6.30. The Bertz CT molecular complexity index is 1480. The molecule has 1 aromatic heterocycles. The van der Waals surface area contributed by atoms with Gasteiger partial charge in [-0.05, 0) is 53.8 Å². The lowest BCUT2D eigenvalue weighted by atomic mass is 9.96. The van der Waals surface area contributed by atoms with Gasteiger partial charge in [-0.3, -0.25) is 14.8 Å². The van der Waals surface area contributed by atoms with E-state index < -0.39 is 0 Å². The van der Waals surface area contributed by atoms with E-state index in [2.05, 4.69) is 15.2 Å². The molecular weight excluding hydrogens is 466 g/mol. The van der Waals surface area contributed by atoms with Crippen molar-refractivity contribution in [1.82, 2.24) is 15.0 Å². The fourth-order valence-electron chi connectivity index (χ4n) is 4.62. The van der Waals surface area contributed by atoms with E-state index in [1.54, 1.807) is 36.4 Å². The molecule has 5 rings (SSSR count). The van der Waals surface area contributed by atoms with Crippen molar-refractivity contribution in [2.24, 2.45) is 5.92 Å². The number of Topliss-reactive ketones (excluding diaryl/α,β-unsaturated/α-hetero) is 1. The first-order valence-corrected chi connectivity index (χ1v) is 11.6. The minimum atomic E-state index is -0.238. The van der Waals surface area contributed by atoms with Crippen molar-refractivity contribution in [3.63, 3.8) is 0 Å². The quantitative estimate of drug-likeness (QED) is 0.219. The standard InChI is InChI=1S/C27H22ClN3O4/c28-21-12-9-18(10-13-21)17-5-7-19(8-6-17)26(32)22-14-11-20(24(22)16-35-34)15-31-27(33)23-3-1-2-4-25(23)29-30-31/h1-10,12-13,20,34H,11,14-16H2. The van der Waals surface area contributed by atoms with E-state index in [1.165, 1.54) is 4.68 Å². The number of carbonyl (C=O) groups excluding carboxylic acids is 1. The first-order valence-electron chi connectivity index (χ1n) is 11.3. The van der Waals surface area contributed by atoms with E-state index in [4.69, 9.17) is 11.6 Å². The molecule has 1 unspecified atom stereocenters. The van der Waals surface area contributed by atoms with Gasteiger partial charge in [0.2, 0.25) is 0 Å². The number of aromatic nitrogens is 3. The van der Waals surface area contributed by atoms with Crippen LogP contribution in [0.5, 0.6) is 0 Å². The molecule has 3 aromatic carbocycles. The normalized spacial score (nSPS) is 15.7. The second-order valence-corrected chi connectivity index (χ2v) is 8.96. The second-order valence-electron chi connectivity index (χ2n) is 8.52. The number of ketones is 1. The Morgan fingerprint density at radius 1 is 1.03 bits per heavy atom. The molecule has 35 heavy (non-hydrogen) atoms. The molecule has 0 fully saturated rings. The number of rotatable bonds is 7. The van der Waals surface area contributed by atoms with Gasteiger partial charge in [0.05, 0.1) is 11.9 Å². The van der Waals surface area contributed by atoms with Crippen LogP contribution in [-0.4, -0.2) is 32.6 Å². The Balaban J connectivity index is 1.41. The summed E-state index contributed by atoms with van der Waals surface area (Å²) in [5.41, 5.74) is 4.11. The van der Waals surface area contributed by atoms with Gasteiger partial charge >= 0.3 is 0 Å². The van der Waals surface area contributed by atoms with Crippen LogP contribution in [0.15, 0.2) is 88.7 Å². The number of allylic oxidation sites excluding steroid dienone is 1. The van der Waals surface area contributed by atoms with E-state index in [-0.39, 0.29) is 30.4 Å². The summed E-state index contributed by atoms with van der Waals surface area (Å²) >= 11 is 5.97. The smallest absolute Gasteiger partial charge is 0.277 e. The number of nitrogens with zero attached hydrogens (tertiary/aromatic N) is 3. The van der Waals surface area contributed by atoms with Crippen LogP contribution in [0.4, 0.5) is 0 Å².